The second kappa shape index (κ2) is 10.8. The van der Waals surface area contributed by atoms with E-state index in [1.54, 1.807) is 10.9 Å². The number of rotatable bonds is 10. The number of nitrogens with one attached hydrogen (secondary N) is 1. The minimum absolute atomic E-state index is 0.0678. The molecule has 1 N–H and O–H groups in total. The molecule has 1 saturated heterocycles. The van der Waals surface area contributed by atoms with Crippen molar-refractivity contribution in [1.82, 2.24) is 30.1 Å². The molecule has 1 aliphatic rings. The number of tetrazole rings is 1. The molecule has 9 nitrogen and oxygen atoms in total. The summed E-state index contributed by atoms with van der Waals surface area (Å²) in [6, 6.07) is 11.9. The second-order valence-corrected chi connectivity index (χ2v) is 9.93. The highest BCUT2D eigenvalue weighted by molar-refractivity contribution is 5.79. The summed E-state index contributed by atoms with van der Waals surface area (Å²) in [6.07, 6.45) is 4.78. The lowest BCUT2D eigenvalue weighted by atomic mass is 9.99. The quantitative estimate of drug-likeness (QED) is 0.357. The van der Waals surface area contributed by atoms with Crippen molar-refractivity contribution in [3.05, 3.63) is 75.7 Å². The molecule has 0 saturated carbocycles. The van der Waals surface area contributed by atoms with Crippen LogP contribution >= 0.6 is 0 Å². The highest BCUT2D eigenvalue weighted by atomic mass is 16.5. The number of furan rings is 1. The number of hydrogen-bond donors (Lipinski definition) is 1. The molecule has 4 aromatic rings. The van der Waals surface area contributed by atoms with Gasteiger partial charge in [-0.15, -0.1) is 5.10 Å². The lowest BCUT2D eigenvalue weighted by Crippen LogP contribution is -2.40. The summed E-state index contributed by atoms with van der Waals surface area (Å²) in [6.45, 7) is 8.85. The molecule has 0 bridgehead atoms. The summed E-state index contributed by atoms with van der Waals surface area (Å²) < 4.78 is 13.4. The lowest BCUT2D eigenvalue weighted by molar-refractivity contribution is 0.0384. The summed E-state index contributed by atoms with van der Waals surface area (Å²) in [5, 5.41) is 13.8. The molecular weight excluding hydrogens is 456 g/mol. The zero-order valence-electron chi connectivity index (χ0n) is 21.2. The van der Waals surface area contributed by atoms with E-state index in [4.69, 9.17) is 9.15 Å². The van der Waals surface area contributed by atoms with Gasteiger partial charge in [0.05, 0.1) is 18.4 Å². The monoisotopic (exact) mass is 490 g/mol. The Labute approximate surface area is 210 Å². The molecule has 4 heterocycles. The van der Waals surface area contributed by atoms with Crippen LogP contribution in [0.2, 0.25) is 0 Å². The van der Waals surface area contributed by atoms with E-state index in [1.165, 1.54) is 5.56 Å². The number of benzene rings is 1. The van der Waals surface area contributed by atoms with Crippen molar-refractivity contribution in [3.63, 3.8) is 0 Å². The average molecular weight is 491 g/mol. The van der Waals surface area contributed by atoms with E-state index < -0.39 is 0 Å². The van der Waals surface area contributed by atoms with Gasteiger partial charge in [0.25, 0.3) is 5.56 Å². The molecule has 0 aliphatic carbocycles. The minimum Gasteiger partial charge on any atom is -0.467 e. The predicted molar refractivity (Wildman–Crippen MR) is 137 cm³/mol. The summed E-state index contributed by atoms with van der Waals surface area (Å²) in [5.41, 5.74) is 2.76. The maximum absolute atomic E-state index is 13.1. The number of aromatic nitrogens is 5. The van der Waals surface area contributed by atoms with Crippen LogP contribution in [-0.4, -0.2) is 49.3 Å². The first-order valence-corrected chi connectivity index (χ1v) is 12.8. The number of hydrogen-bond acceptors (Lipinski definition) is 7. The Morgan fingerprint density at radius 1 is 1.25 bits per heavy atom. The van der Waals surface area contributed by atoms with Gasteiger partial charge >= 0.3 is 0 Å². The largest absolute Gasteiger partial charge is 0.467 e. The van der Waals surface area contributed by atoms with Gasteiger partial charge in [-0.3, -0.25) is 9.69 Å². The molecule has 1 aliphatic heterocycles. The zero-order valence-corrected chi connectivity index (χ0v) is 21.2. The summed E-state index contributed by atoms with van der Waals surface area (Å²) in [7, 11) is 0. The van der Waals surface area contributed by atoms with E-state index in [9.17, 15) is 4.79 Å². The molecule has 190 valence electrons. The molecule has 0 radical (unpaired) electrons. The Morgan fingerprint density at radius 3 is 2.86 bits per heavy atom. The van der Waals surface area contributed by atoms with Crippen LogP contribution in [0.4, 0.5) is 0 Å². The van der Waals surface area contributed by atoms with Gasteiger partial charge in [0.15, 0.2) is 5.82 Å². The molecule has 2 atom stereocenters. The highest BCUT2D eigenvalue weighted by Crippen LogP contribution is 2.30. The fourth-order valence-electron chi connectivity index (χ4n) is 5.15. The van der Waals surface area contributed by atoms with Gasteiger partial charge in [0.1, 0.15) is 12.3 Å². The molecule has 1 aromatic carbocycles. The van der Waals surface area contributed by atoms with E-state index in [0.717, 1.165) is 53.9 Å². The summed E-state index contributed by atoms with van der Waals surface area (Å²) >= 11 is 0. The Kier molecular flexibility index (Phi) is 7.29. The Bertz CT molecular complexity index is 1340. The second-order valence-electron chi connectivity index (χ2n) is 9.93. The van der Waals surface area contributed by atoms with Crippen LogP contribution in [-0.2, 0) is 24.2 Å². The lowest BCUT2D eigenvalue weighted by Gasteiger charge is -2.35. The third-order valence-corrected chi connectivity index (χ3v) is 6.96. The van der Waals surface area contributed by atoms with Gasteiger partial charge in [-0.25, -0.2) is 4.68 Å². The first-order valence-electron chi connectivity index (χ1n) is 12.8. The predicted octanol–water partition coefficient (Wildman–Crippen LogP) is 4.10. The number of pyridine rings is 1. The molecule has 0 unspecified atom stereocenters. The normalized spacial score (nSPS) is 17.0. The van der Waals surface area contributed by atoms with Crippen LogP contribution in [0.15, 0.2) is 51.9 Å². The van der Waals surface area contributed by atoms with E-state index in [0.29, 0.717) is 19.6 Å². The van der Waals surface area contributed by atoms with Crippen LogP contribution in [0.1, 0.15) is 62.4 Å². The van der Waals surface area contributed by atoms with Crippen molar-refractivity contribution < 1.29 is 9.15 Å². The Morgan fingerprint density at radius 2 is 2.14 bits per heavy atom. The van der Waals surface area contributed by atoms with Gasteiger partial charge in [-0.2, -0.15) is 0 Å². The van der Waals surface area contributed by atoms with E-state index in [2.05, 4.69) is 58.3 Å². The number of aryl methyl sites for hydroxylation is 1. The van der Waals surface area contributed by atoms with Gasteiger partial charge < -0.3 is 14.1 Å². The molecule has 1 fully saturated rings. The van der Waals surface area contributed by atoms with Crippen molar-refractivity contribution in [2.24, 2.45) is 5.92 Å². The van der Waals surface area contributed by atoms with Gasteiger partial charge in [-0.1, -0.05) is 26.8 Å². The van der Waals surface area contributed by atoms with Gasteiger partial charge in [-0.05, 0) is 76.9 Å². The molecule has 5 rings (SSSR count). The average Bonchev–Trinajstić information content (AvgIpc) is 3.64. The highest BCUT2D eigenvalue weighted by Gasteiger charge is 2.32. The Balaban J connectivity index is 1.51. The van der Waals surface area contributed by atoms with Crippen LogP contribution in [0.3, 0.4) is 0 Å². The van der Waals surface area contributed by atoms with E-state index >= 15 is 0 Å². The van der Waals surface area contributed by atoms with E-state index in [1.807, 2.05) is 24.3 Å². The fourth-order valence-corrected chi connectivity index (χ4v) is 5.15. The third-order valence-electron chi connectivity index (χ3n) is 6.96. The molecule has 9 heteroatoms. The zero-order chi connectivity index (χ0) is 25.1. The first-order chi connectivity index (χ1) is 17.5. The SMILES string of the molecule is CCc1ccc2[nH]c(=O)c(CN(C[C@@H]3CCCO3)[C@@H](c3nnnn3Cc3ccco3)C(C)C)cc2c1. The molecule has 3 aromatic heterocycles. The standard InChI is InChI=1S/C27H34N6O3/c1-4-19-9-10-24-20(13-19)14-21(27(34)28-24)15-32(16-22-7-5-11-35-22)25(18(2)3)26-29-30-31-33(26)17-23-8-6-12-36-23/h6,8-10,12-14,18,22,25H,4-5,7,11,15-17H2,1-3H3,(H,28,34)/t22-,25+/m0/s1. The maximum Gasteiger partial charge on any atom is 0.252 e. The van der Waals surface area contributed by atoms with Crippen molar-refractivity contribution in [2.75, 3.05) is 13.2 Å². The molecular formula is C27H34N6O3. The summed E-state index contributed by atoms with van der Waals surface area (Å²) in [4.78, 5) is 18.5. The maximum atomic E-state index is 13.1. The minimum atomic E-state index is -0.115. The number of nitrogens with zero attached hydrogens (tertiary/aromatic N) is 5. The van der Waals surface area contributed by atoms with Gasteiger partial charge in [0, 0.05) is 30.8 Å². The summed E-state index contributed by atoms with van der Waals surface area (Å²) in [5.74, 6) is 1.73. The van der Waals surface area contributed by atoms with E-state index in [-0.39, 0.29) is 23.6 Å². The number of fused-ring (bicyclic) bond motifs is 1. The topological polar surface area (TPSA) is 102 Å². The number of aromatic amines is 1. The molecule has 0 spiro atoms. The van der Waals surface area contributed by atoms with Crippen LogP contribution in [0, 0.1) is 5.92 Å². The van der Waals surface area contributed by atoms with Crippen molar-refractivity contribution in [1.29, 1.82) is 0 Å². The van der Waals surface area contributed by atoms with Crippen LogP contribution in [0.25, 0.3) is 10.9 Å². The van der Waals surface area contributed by atoms with Crippen LogP contribution < -0.4 is 5.56 Å². The van der Waals surface area contributed by atoms with Crippen LogP contribution in [0.5, 0.6) is 0 Å². The molecule has 36 heavy (non-hydrogen) atoms. The molecule has 0 amide bonds. The Hall–Kier alpha value is -3.30. The van der Waals surface area contributed by atoms with Crippen molar-refractivity contribution in [3.8, 4) is 0 Å². The number of H-pyrrole nitrogens is 1. The van der Waals surface area contributed by atoms with Crippen molar-refractivity contribution in [2.45, 2.75) is 65.3 Å². The third kappa shape index (κ3) is 5.27. The number of ether oxygens (including phenoxy) is 1. The fraction of sp³-hybridized carbons (Fsp3) is 0.481. The first kappa shape index (κ1) is 24.4. The van der Waals surface area contributed by atoms with Gasteiger partial charge in [0.2, 0.25) is 0 Å². The smallest absolute Gasteiger partial charge is 0.252 e. The van der Waals surface area contributed by atoms with Crippen molar-refractivity contribution >= 4 is 10.9 Å².